The highest BCUT2D eigenvalue weighted by atomic mass is 16.6. The number of hydrogen-bond acceptors (Lipinski definition) is 4. The summed E-state index contributed by atoms with van der Waals surface area (Å²) in [5.74, 6) is -0.791. The van der Waals surface area contributed by atoms with Crippen LogP contribution in [-0.2, 0) is 19.1 Å². The van der Waals surface area contributed by atoms with Crippen LogP contribution in [0.25, 0.3) is 0 Å². The van der Waals surface area contributed by atoms with Gasteiger partial charge in [0.25, 0.3) is 0 Å². The van der Waals surface area contributed by atoms with E-state index in [0.717, 1.165) is 0 Å². The van der Waals surface area contributed by atoms with Gasteiger partial charge in [-0.2, -0.15) is 0 Å². The highest BCUT2D eigenvalue weighted by Gasteiger charge is 2.50. The van der Waals surface area contributed by atoms with E-state index in [1.165, 1.54) is 7.11 Å². The molecule has 4 nitrogen and oxygen atoms in total. The lowest BCUT2D eigenvalue weighted by Crippen LogP contribution is -2.34. The number of methoxy groups -OCH3 is 1. The van der Waals surface area contributed by atoms with Gasteiger partial charge in [0.2, 0.25) is 0 Å². The molecule has 4 heteroatoms. The molecular formula is C10H14O4. The van der Waals surface area contributed by atoms with Crippen LogP contribution in [0, 0.1) is 17.8 Å². The second-order valence-electron chi connectivity index (χ2n) is 4.16. The van der Waals surface area contributed by atoms with E-state index in [1.807, 2.05) is 6.92 Å². The highest BCUT2D eigenvalue weighted by molar-refractivity contribution is 5.84. The van der Waals surface area contributed by atoms with E-state index in [0.29, 0.717) is 12.8 Å². The van der Waals surface area contributed by atoms with Crippen LogP contribution in [0.5, 0.6) is 0 Å². The van der Waals surface area contributed by atoms with Crippen molar-refractivity contribution in [2.75, 3.05) is 7.11 Å². The summed E-state index contributed by atoms with van der Waals surface area (Å²) in [4.78, 5) is 22.8. The number of ether oxygens (including phenoxy) is 2. The van der Waals surface area contributed by atoms with Crippen molar-refractivity contribution in [3.05, 3.63) is 0 Å². The molecule has 2 aliphatic rings. The second-order valence-corrected chi connectivity index (χ2v) is 4.16. The molecule has 0 amide bonds. The molecule has 14 heavy (non-hydrogen) atoms. The molecule has 2 rings (SSSR count). The average molecular weight is 198 g/mol. The van der Waals surface area contributed by atoms with E-state index in [-0.39, 0.29) is 35.8 Å². The zero-order valence-corrected chi connectivity index (χ0v) is 8.36. The fraction of sp³-hybridized carbons (Fsp3) is 0.800. The van der Waals surface area contributed by atoms with Crippen LogP contribution in [0.15, 0.2) is 0 Å². The van der Waals surface area contributed by atoms with Crippen LogP contribution < -0.4 is 0 Å². The summed E-state index contributed by atoms with van der Waals surface area (Å²) in [7, 11) is 1.36. The first kappa shape index (κ1) is 9.49. The van der Waals surface area contributed by atoms with Crippen molar-refractivity contribution in [2.45, 2.75) is 25.9 Å². The SMILES string of the molecule is COC(=O)C1C[C@H](C)C2CC1C(=O)O2. The molecule has 0 N–H and O–H groups in total. The maximum Gasteiger partial charge on any atom is 0.310 e. The molecule has 1 saturated heterocycles. The summed E-state index contributed by atoms with van der Waals surface area (Å²) < 4.78 is 9.87. The van der Waals surface area contributed by atoms with Gasteiger partial charge in [0.1, 0.15) is 6.10 Å². The van der Waals surface area contributed by atoms with E-state index in [2.05, 4.69) is 0 Å². The van der Waals surface area contributed by atoms with Gasteiger partial charge in [0.15, 0.2) is 0 Å². The van der Waals surface area contributed by atoms with Gasteiger partial charge in [-0.25, -0.2) is 0 Å². The third-order valence-corrected chi connectivity index (χ3v) is 3.31. The maximum absolute atomic E-state index is 11.4. The Balaban J connectivity index is 2.18. The van der Waals surface area contributed by atoms with Gasteiger partial charge >= 0.3 is 11.9 Å². The third kappa shape index (κ3) is 1.29. The summed E-state index contributed by atoms with van der Waals surface area (Å²) >= 11 is 0. The fourth-order valence-corrected chi connectivity index (χ4v) is 2.44. The largest absolute Gasteiger partial charge is 0.469 e. The van der Waals surface area contributed by atoms with Crippen molar-refractivity contribution < 1.29 is 19.1 Å². The van der Waals surface area contributed by atoms with E-state index in [4.69, 9.17) is 9.47 Å². The molecule has 0 radical (unpaired) electrons. The van der Waals surface area contributed by atoms with Gasteiger partial charge < -0.3 is 9.47 Å². The lowest BCUT2D eigenvalue weighted by atomic mass is 9.75. The van der Waals surface area contributed by atoms with Crippen molar-refractivity contribution in [3.8, 4) is 0 Å². The summed E-state index contributed by atoms with van der Waals surface area (Å²) in [5.41, 5.74) is 0. The van der Waals surface area contributed by atoms with Crippen LogP contribution in [0.4, 0.5) is 0 Å². The molecule has 0 aromatic rings. The zero-order valence-electron chi connectivity index (χ0n) is 8.36. The van der Waals surface area contributed by atoms with E-state index in [1.54, 1.807) is 0 Å². The first-order valence-corrected chi connectivity index (χ1v) is 4.91. The lowest BCUT2D eigenvalue weighted by Gasteiger charge is -2.27. The summed E-state index contributed by atoms with van der Waals surface area (Å²) in [6.07, 6.45) is 1.40. The first-order chi connectivity index (χ1) is 6.63. The van der Waals surface area contributed by atoms with Crippen molar-refractivity contribution in [2.24, 2.45) is 17.8 Å². The monoisotopic (exact) mass is 198 g/mol. The van der Waals surface area contributed by atoms with Crippen molar-refractivity contribution in [1.29, 1.82) is 0 Å². The molecule has 1 aliphatic carbocycles. The van der Waals surface area contributed by atoms with Gasteiger partial charge in [-0.1, -0.05) is 6.92 Å². The molecule has 0 aromatic heterocycles. The Morgan fingerprint density at radius 3 is 2.86 bits per heavy atom. The molecule has 1 aliphatic heterocycles. The summed E-state index contributed by atoms with van der Waals surface area (Å²) in [6.45, 7) is 2.01. The van der Waals surface area contributed by atoms with Gasteiger partial charge in [0, 0.05) is 0 Å². The van der Waals surface area contributed by atoms with Crippen LogP contribution in [0.2, 0.25) is 0 Å². The predicted molar refractivity (Wildman–Crippen MR) is 47.3 cm³/mol. The minimum atomic E-state index is -0.291. The lowest BCUT2D eigenvalue weighted by molar-refractivity contribution is -0.153. The minimum absolute atomic E-state index is 0.0217. The molecule has 78 valence electrons. The Hall–Kier alpha value is -1.06. The summed E-state index contributed by atoms with van der Waals surface area (Å²) in [5, 5.41) is 0. The van der Waals surface area contributed by atoms with Crippen molar-refractivity contribution >= 4 is 11.9 Å². The second kappa shape index (κ2) is 3.26. The first-order valence-electron chi connectivity index (χ1n) is 4.91. The van der Waals surface area contributed by atoms with Gasteiger partial charge in [-0.05, 0) is 18.8 Å². The molecular weight excluding hydrogens is 184 g/mol. The quantitative estimate of drug-likeness (QED) is 0.583. The van der Waals surface area contributed by atoms with Gasteiger partial charge in [0.05, 0.1) is 18.9 Å². The minimum Gasteiger partial charge on any atom is -0.469 e. The van der Waals surface area contributed by atoms with Crippen LogP contribution in [-0.4, -0.2) is 25.2 Å². The van der Waals surface area contributed by atoms with Gasteiger partial charge in [-0.15, -0.1) is 0 Å². The molecule has 4 atom stereocenters. The number of carbonyl (C=O) groups excluding carboxylic acids is 2. The summed E-state index contributed by atoms with van der Waals surface area (Å²) in [6, 6.07) is 0. The smallest absolute Gasteiger partial charge is 0.310 e. The van der Waals surface area contributed by atoms with Crippen LogP contribution in [0.1, 0.15) is 19.8 Å². The maximum atomic E-state index is 11.4. The predicted octanol–water partition coefficient (Wildman–Crippen LogP) is 0.747. The normalized spacial score (nSPS) is 40.6. The van der Waals surface area contributed by atoms with Gasteiger partial charge in [-0.3, -0.25) is 9.59 Å². The van der Waals surface area contributed by atoms with E-state index < -0.39 is 0 Å². The Bertz CT molecular complexity index is 273. The van der Waals surface area contributed by atoms with Crippen LogP contribution in [0.3, 0.4) is 0 Å². The van der Waals surface area contributed by atoms with E-state index in [9.17, 15) is 9.59 Å². The Kier molecular flexibility index (Phi) is 2.21. The van der Waals surface area contributed by atoms with Crippen LogP contribution >= 0.6 is 0 Å². The molecule has 2 bridgehead atoms. The number of esters is 2. The average Bonchev–Trinajstić information content (AvgIpc) is 2.50. The van der Waals surface area contributed by atoms with Crippen molar-refractivity contribution in [3.63, 3.8) is 0 Å². The fourth-order valence-electron chi connectivity index (χ4n) is 2.44. The molecule has 0 spiro atoms. The number of fused-ring (bicyclic) bond motifs is 2. The third-order valence-electron chi connectivity index (χ3n) is 3.31. The van der Waals surface area contributed by atoms with Crippen molar-refractivity contribution in [1.82, 2.24) is 0 Å². The topological polar surface area (TPSA) is 52.6 Å². The number of hydrogen-bond donors (Lipinski definition) is 0. The molecule has 2 fully saturated rings. The Morgan fingerprint density at radius 1 is 1.50 bits per heavy atom. The zero-order chi connectivity index (χ0) is 10.3. The number of rotatable bonds is 1. The standard InChI is InChI=1S/C10H14O4/c1-5-3-6(9(11)13-2)7-4-8(5)14-10(7)12/h5-8H,3-4H2,1-2H3/t5-,6?,7?,8?/m0/s1. The Morgan fingerprint density at radius 2 is 2.21 bits per heavy atom. The Labute approximate surface area is 82.6 Å². The highest BCUT2D eigenvalue weighted by Crippen LogP contribution is 2.42. The molecule has 1 saturated carbocycles. The molecule has 1 heterocycles. The molecule has 3 unspecified atom stereocenters. The number of carbonyl (C=O) groups is 2. The molecule has 0 aromatic carbocycles. The van der Waals surface area contributed by atoms with E-state index >= 15 is 0 Å².